The first kappa shape index (κ1) is 33.6. The van der Waals surface area contributed by atoms with Crippen molar-refractivity contribution in [2.24, 2.45) is 5.92 Å². The smallest absolute Gasteiger partial charge is 0.137 e. The van der Waals surface area contributed by atoms with Crippen molar-refractivity contribution in [3.05, 3.63) is 224 Å². The van der Waals surface area contributed by atoms with Crippen LogP contribution in [-0.4, -0.2) is 9.38 Å². The predicted molar refractivity (Wildman–Crippen MR) is 249 cm³/mol. The van der Waals surface area contributed by atoms with Crippen molar-refractivity contribution < 1.29 is 0 Å². The van der Waals surface area contributed by atoms with Gasteiger partial charge in [0.2, 0.25) is 0 Å². The molecule has 10 aromatic rings. The summed E-state index contributed by atoms with van der Waals surface area (Å²) < 4.78 is 2.20. The standard InChI is InChI=1S/C57H38N2/c1-2-17-40(18-3-1)57-56(58-51-28-14-15-35-59(51)57)39-32-30-38(31-33-39)52-43-20-6-10-24-47(43)54(48-25-11-7-21-44(48)52)55-49-26-12-8-22-45(49)53(46-23-9-13-27-50(46)55)42-34-29-37-16-4-5-19-41(37)36-42/h1-35,41H,36H2. The number of fused-ring (bicyclic) bond motifs is 6. The van der Waals surface area contributed by atoms with E-state index in [1.165, 1.54) is 82.1 Å². The van der Waals surface area contributed by atoms with Crippen LogP contribution >= 0.6 is 0 Å². The van der Waals surface area contributed by atoms with E-state index in [0.29, 0.717) is 5.92 Å². The van der Waals surface area contributed by atoms with Crippen LogP contribution in [0.4, 0.5) is 0 Å². The third kappa shape index (κ3) is 5.30. The zero-order valence-electron chi connectivity index (χ0n) is 32.4. The molecule has 2 nitrogen and oxygen atoms in total. The Morgan fingerprint density at radius 1 is 0.424 bits per heavy atom. The zero-order valence-corrected chi connectivity index (χ0v) is 32.4. The number of hydrogen-bond donors (Lipinski definition) is 0. The first-order valence-electron chi connectivity index (χ1n) is 20.6. The molecule has 0 aliphatic heterocycles. The number of hydrogen-bond acceptors (Lipinski definition) is 1. The largest absolute Gasteiger partial charge is 0.299 e. The van der Waals surface area contributed by atoms with Crippen LogP contribution in [0.25, 0.3) is 99.1 Å². The molecule has 0 bridgehead atoms. The van der Waals surface area contributed by atoms with E-state index in [9.17, 15) is 0 Å². The van der Waals surface area contributed by atoms with Crippen LogP contribution in [0.2, 0.25) is 0 Å². The fourth-order valence-electron chi connectivity index (χ4n) is 9.97. The second-order valence-corrected chi connectivity index (χ2v) is 15.8. The normalized spacial score (nSPS) is 14.9. The minimum absolute atomic E-state index is 0.400. The molecule has 0 spiro atoms. The van der Waals surface area contributed by atoms with Crippen molar-refractivity contribution in [1.82, 2.24) is 9.38 Å². The predicted octanol–water partition coefficient (Wildman–Crippen LogP) is 15.1. The summed E-state index contributed by atoms with van der Waals surface area (Å²) >= 11 is 0. The van der Waals surface area contributed by atoms with Gasteiger partial charge < -0.3 is 0 Å². The molecule has 0 fully saturated rings. The summed E-state index contributed by atoms with van der Waals surface area (Å²) in [5.41, 5.74) is 14.4. The summed E-state index contributed by atoms with van der Waals surface area (Å²) in [5.74, 6) is 0.400. The Balaban J connectivity index is 1.08. The van der Waals surface area contributed by atoms with Gasteiger partial charge in [0.05, 0.1) is 11.4 Å². The molecule has 276 valence electrons. The van der Waals surface area contributed by atoms with Gasteiger partial charge in [-0.1, -0.05) is 194 Å². The van der Waals surface area contributed by atoms with E-state index >= 15 is 0 Å². The van der Waals surface area contributed by atoms with Crippen LogP contribution in [0.15, 0.2) is 218 Å². The summed E-state index contributed by atoms with van der Waals surface area (Å²) in [4.78, 5) is 5.16. The maximum atomic E-state index is 5.16. The molecule has 12 rings (SSSR count). The maximum absolute atomic E-state index is 5.16. The molecule has 1 atom stereocenters. The molecule has 8 aromatic carbocycles. The Bertz CT molecular complexity index is 3330. The highest BCUT2D eigenvalue weighted by atomic mass is 15.0. The molecule has 0 saturated carbocycles. The minimum atomic E-state index is 0.400. The number of pyridine rings is 1. The van der Waals surface area contributed by atoms with Gasteiger partial charge in [-0.15, -0.1) is 0 Å². The van der Waals surface area contributed by atoms with Gasteiger partial charge in [-0.25, -0.2) is 4.98 Å². The lowest BCUT2D eigenvalue weighted by Gasteiger charge is -2.26. The zero-order chi connectivity index (χ0) is 38.9. The number of nitrogens with zero attached hydrogens (tertiary/aromatic N) is 2. The first-order chi connectivity index (χ1) is 29.3. The Morgan fingerprint density at radius 2 is 0.932 bits per heavy atom. The number of benzene rings is 8. The van der Waals surface area contributed by atoms with Crippen LogP contribution in [0.1, 0.15) is 12.0 Å². The second kappa shape index (κ2) is 13.5. The van der Waals surface area contributed by atoms with Gasteiger partial charge in [0.1, 0.15) is 5.65 Å². The van der Waals surface area contributed by atoms with Crippen molar-refractivity contribution >= 4 is 54.3 Å². The van der Waals surface area contributed by atoms with E-state index in [1.54, 1.807) is 0 Å². The van der Waals surface area contributed by atoms with Gasteiger partial charge >= 0.3 is 0 Å². The van der Waals surface area contributed by atoms with Crippen molar-refractivity contribution in [3.63, 3.8) is 0 Å². The highest BCUT2D eigenvalue weighted by molar-refractivity contribution is 6.29. The Labute approximate surface area is 343 Å². The maximum Gasteiger partial charge on any atom is 0.137 e. The third-order valence-corrected chi connectivity index (χ3v) is 12.5. The summed E-state index contributed by atoms with van der Waals surface area (Å²) in [5, 5.41) is 10.2. The fraction of sp³-hybridized carbons (Fsp3) is 0.0351. The van der Waals surface area contributed by atoms with E-state index < -0.39 is 0 Å². The van der Waals surface area contributed by atoms with E-state index in [2.05, 4.69) is 217 Å². The van der Waals surface area contributed by atoms with Gasteiger partial charge in [-0.05, 0) is 101 Å². The molecule has 2 aromatic heterocycles. The molecule has 2 aliphatic carbocycles. The third-order valence-electron chi connectivity index (χ3n) is 12.5. The lowest BCUT2D eigenvalue weighted by Crippen LogP contribution is -2.07. The lowest BCUT2D eigenvalue weighted by molar-refractivity contribution is 0.794. The second-order valence-electron chi connectivity index (χ2n) is 15.8. The average molecular weight is 751 g/mol. The van der Waals surface area contributed by atoms with E-state index in [4.69, 9.17) is 4.98 Å². The average Bonchev–Trinajstić information content (AvgIpc) is 3.70. The van der Waals surface area contributed by atoms with Crippen LogP contribution < -0.4 is 0 Å². The molecular formula is C57H38N2. The van der Waals surface area contributed by atoms with Crippen molar-refractivity contribution in [3.8, 4) is 44.8 Å². The van der Waals surface area contributed by atoms with Crippen LogP contribution in [0.3, 0.4) is 0 Å². The summed E-state index contributed by atoms with van der Waals surface area (Å²) in [7, 11) is 0. The van der Waals surface area contributed by atoms with Gasteiger partial charge in [0.25, 0.3) is 0 Å². The summed E-state index contributed by atoms with van der Waals surface area (Å²) in [6.07, 6.45) is 16.7. The van der Waals surface area contributed by atoms with Gasteiger partial charge in [-0.3, -0.25) is 4.40 Å². The van der Waals surface area contributed by atoms with Gasteiger partial charge in [0, 0.05) is 23.2 Å². The molecule has 0 radical (unpaired) electrons. The molecule has 0 N–H and O–H groups in total. The quantitative estimate of drug-likeness (QED) is 0.160. The fourth-order valence-corrected chi connectivity index (χ4v) is 9.97. The first-order valence-corrected chi connectivity index (χ1v) is 20.6. The topological polar surface area (TPSA) is 17.3 Å². The summed E-state index contributed by atoms with van der Waals surface area (Å²) in [6, 6.07) is 62.1. The van der Waals surface area contributed by atoms with Crippen LogP contribution in [0, 0.1) is 5.92 Å². The van der Waals surface area contributed by atoms with Crippen molar-refractivity contribution in [2.75, 3.05) is 0 Å². The number of allylic oxidation sites excluding steroid dienone is 8. The van der Waals surface area contributed by atoms with E-state index in [-0.39, 0.29) is 0 Å². The van der Waals surface area contributed by atoms with Gasteiger partial charge in [-0.2, -0.15) is 0 Å². The highest BCUT2D eigenvalue weighted by Gasteiger charge is 2.25. The Hall–Kier alpha value is -7.55. The van der Waals surface area contributed by atoms with Crippen LogP contribution in [-0.2, 0) is 0 Å². The molecule has 59 heavy (non-hydrogen) atoms. The number of rotatable bonds is 5. The number of imidazole rings is 1. The molecular weight excluding hydrogens is 713 g/mol. The SMILES string of the molecule is C1=CC2=CC=C(c3c4ccccc4c(-c4c5ccccc5c(-c5ccc(-c6nc7ccccn7c6-c6ccccc6)cc5)c5ccccc45)c4ccccc34)CC2C=C1. The molecule has 1 unspecified atom stereocenters. The highest BCUT2D eigenvalue weighted by Crippen LogP contribution is 2.50. The molecule has 2 aliphatic rings. The van der Waals surface area contributed by atoms with Gasteiger partial charge in [0.15, 0.2) is 0 Å². The van der Waals surface area contributed by atoms with Crippen molar-refractivity contribution in [1.29, 1.82) is 0 Å². The van der Waals surface area contributed by atoms with Crippen LogP contribution in [0.5, 0.6) is 0 Å². The lowest BCUT2D eigenvalue weighted by atomic mass is 9.77. The Morgan fingerprint density at radius 3 is 1.53 bits per heavy atom. The van der Waals surface area contributed by atoms with E-state index in [1.807, 2.05) is 0 Å². The number of aromatic nitrogens is 2. The molecule has 0 amide bonds. The minimum Gasteiger partial charge on any atom is -0.299 e. The van der Waals surface area contributed by atoms with E-state index in [0.717, 1.165) is 34.6 Å². The summed E-state index contributed by atoms with van der Waals surface area (Å²) in [6.45, 7) is 0. The molecule has 2 heterocycles. The molecule has 0 saturated heterocycles. The monoisotopic (exact) mass is 750 g/mol. The Kier molecular flexibility index (Phi) is 7.71. The van der Waals surface area contributed by atoms with Crippen molar-refractivity contribution in [2.45, 2.75) is 6.42 Å². The molecule has 2 heteroatoms.